The fraction of sp³-hybridized carbons (Fsp3) is 0.333. The molecule has 0 spiro atoms. The largest absolute Gasteiger partial charge is 0.481 e. The lowest BCUT2D eigenvalue weighted by Crippen LogP contribution is -2.28. The fourth-order valence-electron chi connectivity index (χ4n) is 3.10. The Morgan fingerprint density at radius 2 is 1.75 bits per heavy atom. The van der Waals surface area contributed by atoms with Gasteiger partial charge in [0, 0.05) is 18.2 Å². The smallest absolute Gasteiger partial charge is 0.331 e. The fourth-order valence-corrected chi connectivity index (χ4v) is 3.10. The van der Waals surface area contributed by atoms with Crippen LogP contribution in [0.4, 0.5) is 0 Å². The number of hydrogen-bond donors (Lipinski definition) is 3. The summed E-state index contributed by atoms with van der Waals surface area (Å²) in [6.45, 7) is 7.44. The van der Waals surface area contributed by atoms with Crippen LogP contribution in [0.15, 0.2) is 65.1 Å². The van der Waals surface area contributed by atoms with Crippen LogP contribution in [-0.4, -0.2) is 37.7 Å². The van der Waals surface area contributed by atoms with Crippen molar-refractivity contribution in [1.29, 1.82) is 0 Å². The van der Waals surface area contributed by atoms with E-state index in [1.165, 1.54) is 36.0 Å². The highest BCUT2D eigenvalue weighted by Gasteiger charge is 2.34. The number of carbonyl (C=O) groups excluding carboxylic acids is 1. The summed E-state index contributed by atoms with van der Waals surface area (Å²) in [6.07, 6.45) is 6.28. The molecular formula is C24H28N2O6. The minimum Gasteiger partial charge on any atom is -0.481 e. The summed E-state index contributed by atoms with van der Waals surface area (Å²) < 4.78 is 1.38. The molecule has 1 aliphatic rings. The number of benzene rings is 1. The van der Waals surface area contributed by atoms with E-state index in [4.69, 9.17) is 10.2 Å². The average Bonchev–Trinajstić information content (AvgIpc) is 3.09. The van der Waals surface area contributed by atoms with E-state index in [0.29, 0.717) is 6.42 Å². The van der Waals surface area contributed by atoms with Crippen LogP contribution in [0.1, 0.15) is 50.9 Å². The Morgan fingerprint density at radius 3 is 2.28 bits per heavy atom. The first-order valence-electron chi connectivity index (χ1n) is 10.1. The zero-order valence-electron chi connectivity index (χ0n) is 18.6. The number of rotatable bonds is 5. The van der Waals surface area contributed by atoms with Gasteiger partial charge >= 0.3 is 11.9 Å². The van der Waals surface area contributed by atoms with E-state index in [0.717, 1.165) is 5.69 Å². The Labute approximate surface area is 185 Å². The van der Waals surface area contributed by atoms with E-state index in [9.17, 15) is 19.2 Å². The molecule has 0 amide bonds. The number of aliphatic carboxylic acids is 2. The monoisotopic (exact) mass is 440 g/mol. The molecule has 2 aromatic rings. The predicted octanol–water partition coefficient (Wildman–Crippen LogP) is 3.83. The first-order chi connectivity index (χ1) is 14.8. The number of aromatic amines is 1. The number of para-hydroxylation sites is 1. The molecule has 0 bridgehead atoms. The molecule has 0 fully saturated rings. The Hall–Kier alpha value is -3.68. The lowest BCUT2D eigenvalue weighted by Gasteiger charge is -2.23. The van der Waals surface area contributed by atoms with Crippen molar-refractivity contribution in [3.63, 3.8) is 0 Å². The third kappa shape index (κ3) is 6.16. The maximum Gasteiger partial charge on any atom is 0.331 e. The van der Waals surface area contributed by atoms with Crippen molar-refractivity contribution in [3.05, 3.63) is 76.2 Å². The number of aromatic nitrogens is 2. The molecule has 0 aliphatic heterocycles. The van der Waals surface area contributed by atoms with Gasteiger partial charge in [-0.1, -0.05) is 57.2 Å². The van der Waals surface area contributed by atoms with Crippen LogP contribution in [-0.2, 0) is 9.59 Å². The van der Waals surface area contributed by atoms with Crippen molar-refractivity contribution in [2.24, 2.45) is 10.8 Å². The Bertz CT molecular complexity index is 1120. The van der Waals surface area contributed by atoms with Gasteiger partial charge in [-0.2, -0.15) is 0 Å². The third-order valence-electron chi connectivity index (χ3n) is 4.86. The van der Waals surface area contributed by atoms with Crippen molar-refractivity contribution in [2.75, 3.05) is 0 Å². The van der Waals surface area contributed by atoms with Gasteiger partial charge in [-0.15, -0.1) is 0 Å². The Morgan fingerprint density at radius 1 is 1.12 bits per heavy atom. The molecule has 1 atom stereocenters. The zero-order valence-corrected chi connectivity index (χ0v) is 18.6. The topological polar surface area (TPSA) is 129 Å². The molecule has 1 heterocycles. The molecule has 170 valence electrons. The minimum atomic E-state index is -1.08. The molecule has 32 heavy (non-hydrogen) atoms. The van der Waals surface area contributed by atoms with Crippen molar-refractivity contribution in [1.82, 2.24) is 9.78 Å². The summed E-state index contributed by atoms with van der Waals surface area (Å²) >= 11 is 0. The van der Waals surface area contributed by atoms with Gasteiger partial charge in [-0.25, -0.2) is 9.48 Å². The van der Waals surface area contributed by atoms with E-state index < -0.39 is 17.4 Å². The van der Waals surface area contributed by atoms with Crippen LogP contribution in [0.5, 0.6) is 0 Å². The van der Waals surface area contributed by atoms with Crippen LogP contribution in [0.25, 0.3) is 5.69 Å². The number of hydrogen-bond acceptors (Lipinski definition) is 4. The highest BCUT2D eigenvalue weighted by molar-refractivity contribution is 5.96. The van der Waals surface area contributed by atoms with Gasteiger partial charge in [0.1, 0.15) is 5.56 Å². The first-order valence-corrected chi connectivity index (χ1v) is 10.1. The number of allylic oxidation sites excluding steroid dienone is 2. The van der Waals surface area contributed by atoms with Crippen LogP contribution in [0.3, 0.4) is 0 Å². The van der Waals surface area contributed by atoms with Crippen molar-refractivity contribution in [2.45, 2.75) is 40.5 Å². The lowest BCUT2D eigenvalue weighted by atomic mass is 9.80. The molecule has 1 aromatic carbocycles. The molecule has 3 N–H and O–H groups in total. The first kappa shape index (κ1) is 24.6. The molecule has 1 unspecified atom stereocenters. The molecule has 3 rings (SSSR count). The lowest BCUT2D eigenvalue weighted by molar-refractivity contribution is -0.145. The number of Topliss-reactive ketones (excluding diaryl/α,β-unsaturated/α-hetero) is 1. The maximum atomic E-state index is 12.2. The van der Waals surface area contributed by atoms with E-state index >= 15 is 0 Å². The number of nitrogens with zero attached hydrogens (tertiary/aromatic N) is 1. The molecule has 8 nitrogen and oxygen atoms in total. The highest BCUT2D eigenvalue weighted by atomic mass is 16.4. The molecule has 1 aromatic heterocycles. The Kier molecular flexibility index (Phi) is 7.40. The number of ketones is 1. The quantitative estimate of drug-likeness (QED) is 0.606. The third-order valence-corrected chi connectivity index (χ3v) is 4.86. The Balaban J connectivity index is 0.000000244. The van der Waals surface area contributed by atoms with Crippen molar-refractivity contribution < 1.29 is 24.6 Å². The van der Waals surface area contributed by atoms with Crippen molar-refractivity contribution >= 4 is 17.7 Å². The van der Waals surface area contributed by atoms with Gasteiger partial charge in [0.2, 0.25) is 0 Å². The molecule has 8 heteroatoms. The zero-order chi connectivity index (χ0) is 24.1. The van der Waals surface area contributed by atoms with E-state index in [2.05, 4.69) is 5.10 Å². The van der Waals surface area contributed by atoms with Crippen LogP contribution >= 0.6 is 0 Å². The second-order valence-corrected chi connectivity index (χ2v) is 9.08. The van der Waals surface area contributed by atoms with Gasteiger partial charge in [0.15, 0.2) is 5.78 Å². The van der Waals surface area contributed by atoms with Gasteiger partial charge in [0.25, 0.3) is 5.56 Å². The normalized spacial score (nSPS) is 17.7. The standard InChI is InChI=1S/C15H18N2O2.C9H10O4/c1-15(2,3)9-13(18)12-10-16-17(14(12)19)11-7-5-4-6-8-11;1-9(8(12)13)4-2-3-6(5-9)7(10)11/h4-8,10,16H,9H2,1-3H3;2-4H,5H2,1H3,(H,10,11)(H,12,13). The summed E-state index contributed by atoms with van der Waals surface area (Å²) in [5.41, 5.74) is -0.421. The molecule has 0 saturated carbocycles. The predicted molar refractivity (Wildman–Crippen MR) is 120 cm³/mol. The highest BCUT2D eigenvalue weighted by Crippen LogP contribution is 2.31. The average molecular weight is 440 g/mol. The van der Waals surface area contributed by atoms with E-state index in [1.807, 2.05) is 51.1 Å². The number of carbonyl (C=O) groups is 3. The molecule has 0 saturated heterocycles. The number of carboxylic acids is 2. The summed E-state index contributed by atoms with van der Waals surface area (Å²) in [6, 6.07) is 9.20. The van der Waals surface area contributed by atoms with Crippen LogP contribution < -0.4 is 5.56 Å². The molecule has 1 aliphatic carbocycles. The number of H-pyrrole nitrogens is 1. The minimum absolute atomic E-state index is 0.0359. The van der Waals surface area contributed by atoms with Crippen molar-refractivity contribution in [3.8, 4) is 5.69 Å². The second-order valence-electron chi connectivity index (χ2n) is 9.08. The second kappa shape index (κ2) is 9.64. The van der Waals surface area contributed by atoms with Gasteiger partial charge in [-0.3, -0.25) is 19.5 Å². The van der Waals surface area contributed by atoms with Gasteiger partial charge < -0.3 is 10.2 Å². The van der Waals surface area contributed by atoms with E-state index in [1.54, 1.807) is 0 Å². The summed E-state index contributed by atoms with van der Waals surface area (Å²) in [7, 11) is 0. The number of carboxylic acid groups (broad SMARTS) is 2. The number of nitrogens with one attached hydrogen (secondary N) is 1. The SMILES string of the molecule is CC(C)(C)CC(=O)c1c[nH]n(-c2ccccc2)c1=O.CC1(C(=O)O)C=CC=C(C(=O)O)C1. The summed E-state index contributed by atoms with van der Waals surface area (Å²) in [5.74, 6) is -2.18. The van der Waals surface area contributed by atoms with E-state index in [-0.39, 0.29) is 34.3 Å². The summed E-state index contributed by atoms with van der Waals surface area (Å²) in [5, 5.41) is 20.3. The molecular weight excluding hydrogens is 412 g/mol. The van der Waals surface area contributed by atoms with Crippen LogP contribution in [0.2, 0.25) is 0 Å². The summed E-state index contributed by atoms with van der Waals surface area (Å²) in [4.78, 5) is 45.6. The van der Waals surface area contributed by atoms with Gasteiger partial charge in [0.05, 0.1) is 11.1 Å². The van der Waals surface area contributed by atoms with Gasteiger partial charge in [-0.05, 0) is 30.9 Å². The van der Waals surface area contributed by atoms with Crippen LogP contribution in [0, 0.1) is 10.8 Å². The molecule has 0 radical (unpaired) electrons. The maximum absolute atomic E-state index is 12.2.